The molecule has 0 aromatic carbocycles. The first-order valence-electron chi connectivity index (χ1n) is 10.7. The summed E-state index contributed by atoms with van der Waals surface area (Å²) in [6.45, 7) is 19.8. The lowest BCUT2D eigenvalue weighted by Crippen LogP contribution is -2.60. The van der Waals surface area contributed by atoms with Gasteiger partial charge in [-0.3, -0.25) is 9.80 Å². The maximum Gasteiger partial charge on any atom is 0.0195 e. The zero-order chi connectivity index (χ0) is 17.3. The second-order valence-corrected chi connectivity index (χ2v) is 9.57. The van der Waals surface area contributed by atoms with Crippen molar-refractivity contribution in [3.8, 4) is 0 Å². The van der Waals surface area contributed by atoms with E-state index < -0.39 is 0 Å². The zero-order valence-electron chi connectivity index (χ0n) is 16.9. The van der Waals surface area contributed by atoms with Crippen LogP contribution in [-0.4, -0.2) is 72.1 Å². The highest BCUT2D eigenvalue weighted by Crippen LogP contribution is 2.33. The van der Waals surface area contributed by atoms with Crippen LogP contribution < -0.4 is 0 Å². The van der Waals surface area contributed by atoms with Crippen molar-refractivity contribution in [1.82, 2.24) is 14.7 Å². The summed E-state index contributed by atoms with van der Waals surface area (Å²) in [6.07, 6.45) is 5.82. The molecule has 24 heavy (non-hydrogen) atoms. The molecule has 0 aromatic rings. The Morgan fingerprint density at radius 3 is 2.08 bits per heavy atom. The third-order valence-corrected chi connectivity index (χ3v) is 7.21. The Morgan fingerprint density at radius 2 is 1.54 bits per heavy atom. The van der Waals surface area contributed by atoms with Gasteiger partial charge in [0.25, 0.3) is 0 Å². The normalized spacial score (nSPS) is 34.9. The van der Waals surface area contributed by atoms with Gasteiger partial charge >= 0.3 is 0 Å². The van der Waals surface area contributed by atoms with Crippen molar-refractivity contribution >= 4 is 0 Å². The lowest BCUT2D eigenvalue weighted by Gasteiger charge is -2.49. The summed E-state index contributed by atoms with van der Waals surface area (Å²) >= 11 is 0. The summed E-state index contributed by atoms with van der Waals surface area (Å²) in [4.78, 5) is 8.22. The first kappa shape index (κ1) is 18.7. The molecule has 1 atom stereocenters. The average Bonchev–Trinajstić information content (AvgIpc) is 2.51. The number of piperazine rings is 1. The van der Waals surface area contributed by atoms with Gasteiger partial charge in [0, 0.05) is 57.4 Å². The smallest absolute Gasteiger partial charge is 0.0195 e. The van der Waals surface area contributed by atoms with Gasteiger partial charge in [-0.1, -0.05) is 13.8 Å². The van der Waals surface area contributed by atoms with Crippen LogP contribution in [0, 0.1) is 17.8 Å². The Bertz CT molecular complexity index is 381. The Labute approximate surface area is 150 Å². The highest BCUT2D eigenvalue weighted by molar-refractivity contribution is 4.90. The van der Waals surface area contributed by atoms with E-state index in [0.29, 0.717) is 0 Å². The molecular formula is C21H41N3. The van der Waals surface area contributed by atoms with E-state index in [1.165, 1.54) is 65.0 Å². The van der Waals surface area contributed by atoms with Crippen LogP contribution in [0.3, 0.4) is 0 Å². The molecule has 0 unspecified atom stereocenters. The number of nitrogens with zero attached hydrogens (tertiary/aromatic N) is 3. The van der Waals surface area contributed by atoms with Crippen molar-refractivity contribution in [2.75, 3.05) is 39.3 Å². The van der Waals surface area contributed by atoms with Crippen LogP contribution in [0.4, 0.5) is 0 Å². The predicted octanol–water partition coefficient (Wildman–Crippen LogP) is 3.55. The third kappa shape index (κ3) is 4.34. The molecule has 3 nitrogen and oxygen atoms in total. The van der Waals surface area contributed by atoms with Gasteiger partial charge in [-0.25, -0.2) is 0 Å². The monoisotopic (exact) mass is 335 g/mol. The molecule has 1 saturated carbocycles. The predicted molar refractivity (Wildman–Crippen MR) is 103 cm³/mol. The standard InChI is InChI=1S/C21H41N3/c1-16(2)20-6-8-21(9-7-20)23-11-10-22(18(5)12-23)13-19-14-24(15-19)17(3)4/h16-21H,6-15H2,1-5H3/t18-,20?,21?/m0/s1. The van der Waals surface area contributed by atoms with Gasteiger partial charge in [0.15, 0.2) is 0 Å². The molecular weight excluding hydrogens is 294 g/mol. The Kier molecular flexibility index (Phi) is 6.26. The van der Waals surface area contributed by atoms with Gasteiger partial charge in [0.1, 0.15) is 0 Å². The van der Waals surface area contributed by atoms with E-state index in [1.807, 2.05) is 0 Å². The van der Waals surface area contributed by atoms with Gasteiger partial charge < -0.3 is 4.90 Å². The number of likely N-dealkylation sites (tertiary alicyclic amines) is 1. The molecule has 0 spiro atoms. The molecule has 2 saturated heterocycles. The molecule has 3 heteroatoms. The first-order chi connectivity index (χ1) is 11.4. The van der Waals surface area contributed by atoms with Gasteiger partial charge in [0.2, 0.25) is 0 Å². The van der Waals surface area contributed by atoms with E-state index in [9.17, 15) is 0 Å². The fraction of sp³-hybridized carbons (Fsp3) is 1.00. The van der Waals surface area contributed by atoms with Crippen LogP contribution >= 0.6 is 0 Å². The van der Waals surface area contributed by atoms with E-state index in [0.717, 1.165) is 35.9 Å². The van der Waals surface area contributed by atoms with Crippen LogP contribution in [0.5, 0.6) is 0 Å². The molecule has 2 heterocycles. The maximum atomic E-state index is 2.83. The van der Waals surface area contributed by atoms with Gasteiger partial charge in [0.05, 0.1) is 0 Å². The second kappa shape index (κ2) is 8.05. The lowest BCUT2D eigenvalue weighted by molar-refractivity contribution is -0.00532. The molecule has 3 fully saturated rings. The highest BCUT2D eigenvalue weighted by atomic mass is 15.3. The van der Waals surface area contributed by atoms with E-state index in [2.05, 4.69) is 49.3 Å². The van der Waals surface area contributed by atoms with Crippen LogP contribution in [0.1, 0.15) is 60.3 Å². The summed E-state index contributed by atoms with van der Waals surface area (Å²) in [5, 5.41) is 0. The first-order valence-corrected chi connectivity index (χ1v) is 10.7. The van der Waals surface area contributed by atoms with E-state index in [1.54, 1.807) is 0 Å². The van der Waals surface area contributed by atoms with Crippen LogP contribution in [0.15, 0.2) is 0 Å². The van der Waals surface area contributed by atoms with Gasteiger partial charge in [-0.05, 0) is 64.2 Å². The van der Waals surface area contributed by atoms with Crippen molar-refractivity contribution in [3.05, 3.63) is 0 Å². The van der Waals surface area contributed by atoms with Crippen LogP contribution in [-0.2, 0) is 0 Å². The maximum absolute atomic E-state index is 2.83. The van der Waals surface area contributed by atoms with E-state index in [4.69, 9.17) is 0 Å². The SMILES string of the molecule is CC(C)C1CCC(N2CCN(CC3CN(C(C)C)C3)[C@@H](C)C2)CC1. The summed E-state index contributed by atoms with van der Waals surface area (Å²) in [7, 11) is 0. The highest BCUT2D eigenvalue weighted by Gasteiger charge is 2.35. The quantitative estimate of drug-likeness (QED) is 0.761. The molecule has 0 N–H and O–H groups in total. The summed E-state index contributed by atoms with van der Waals surface area (Å²) in [6, 6.07) is 2.36. The topological polar surface area (TPSA) is 9.72 Å². The third-order valence-electron chi connectivity index (χ3n) is 7.21. The molecule has 0 amide bonds. The van der Waals surface area contributed by atoms with Crippen molar-refractivity contribution in [2.45, 2.75) is 78.4 Å². The van der Waals surface area contributed by atoms with Crippen LogP contribution in [0.2, 0.25) is 0 Å². The lowest BCUT2D eigenvalue weighted by atomic mass is 9.79. The molecule has 3 aliphatic rings. The van der Waals surface area contributed by atoms with Gasteiger partial charge in [-0.15, -0.1) is 0 Å². The molecule has 0 bridgehead atoms. The number of rotatable bonds is 5. The zero-order valence-corrected chi connectivity index (χ0v) is 16.9. The minimum absolute atomic E-state index is 0.733. The summed E-state index contributed by atoms with van der Waals surface area (Å²) < 4.78 is 0. The van der Waals surface area contributed by atoms with E-state index in [-0.39, 0.29) is 0 Å². The Hall–Kier alpha value is -0.120. The molecule has 140 valence electrons. The Balaban J connectivity index is 1.40. The summed E-state index contributed by atoms with van der Waals surface area (Å²) in [5.41, 5.74) is 0. The average molecular weight is 336 g/mol. The van der Waals surface area contributed by atoms with E-state index >= 15 is 0 Å². The van der Waals surface area contributed by atoms with Crippen molar-refractivity contribution in [2.24, 2.45) is 17.8 Å². The minimum Gasteiger partial charge on any atom is -0.300 e. The Morgan fingerprint density at radius 1 is 0.875 bits per heavy atom. The fourth-order valence-corrected chi connectivity index (χ4v) is 5.24. The minimum atomic E-state index is 0.733. The van der Waals surface area contributed by atoms with Gasteiger partial charge in [-0.2, -0.15) is 0 Å². The van der Waals surface area contributed by atoms with Crippen molar-refractivity contribution in [3.63, 3.8) is 0 Å². The van der Waals surface area contributed by atoms with Crippen molar-refractivity contribution in [1.29, 1.82) is 0 Å². The largest absolute Gasteiger partial charge is 0.300 e. The molecule has 1 aliphatic carbocycles. The number of hydrogen-bond acceptors (Lipinski definition) is 3. The molecule has 0 aromatic heterocycles. The molecule has 0 radical (unpaired) electrons. The summed E-state index contributed by atoms with van der Waals surface area (Å²) in [5.74, 6) is 2.79. The second-order valence-electron chi connectivity index (χ2n) is 9.57. The van der Waals surface area contributed by atoms with Crippen LogP contribution in [0.25, 0.3) is 0 Å². The number of hydrogen-bond donors (Lipinski definition) is 0. The molecule has 3 rings (SSSR count). The molecule has 2 aliphatic heterocycles. The fourth-order valence-electron chi connectivity index (χ4n) is 5.24. The van der Waals surface area contributed by atoms with Crippen molar-refractivity contribution < 1.29 is 0 Å².